The molecule has 0 radical (unpaired) electrons. The normalized spacial score (nSPS) is 32.8. The molecule has 0 aromatic heterocycles. The van der Waals surface area contributed by atoms with Crippen molar-refractivity contribution < 1.29 is 4.39 Å². The first-order valence-electron chi connectivity index (χ1n) is 7.45. The highest BCUT2D eigenvalue weighted by atomic mass is 19.1. The maximum Gasteiger partial charge on any atom is 0.146 e. The summed E-state index contributed by atoms with van der Waals surface area (Å²) in [6.45, 7) is 3.83. The molecule has 2 N–H and O–H groups in total. The molecule has 104 valence electrons. The Morgan fingerprint density at radius 2 is 2.00 bits per heavy atom. The van der Waals surface area contributed by atoms with Gasteiger partial charge < -0.3 is 10.6 Å². The summed E-state index contributed by atoms with van der Waals surface area (Å²) in [6, 6.07) is 7.38. The van der Waals surface area contributed by atoms with E-state index in [9.17, 15) is 4.39 Å². The van der Waals surface area contributed by atoms with Gasteiger partial charge in [0.25, 0.3) is 0 Å². The van der Waals surface area contributed by atoms with E-state index in [2.05, 4.69) is 11.8 Å². The van der Waals surface area contributed by atoms with Gasteiger partial charge in [0.2, 0.25) is 0 Å². The maximum absolute atomic E-state index is 13.9. The summed E-state index contributed by atoms with van der Waals surface area (Å²) in [5, 5.41) is 0. The molecule has 2 bridgehead atoms. The van der Waals surface area contributed by atoms with Crippen LogP contribution in [0.1, 0.15) is 26.2 Å². The Labute approximate surface area is 114 Å². The average molecular weight is 262 g/mol. The van der Waals surface area contributed by atoms with Gasteiger partial charge in [-0.2, -0.15) is 0 Å². The summed E-state index contributed by atoms with van der Waals surface area (Å²) in [6.07, 6.45) is 3.91. The van der Waals surface area contributed by atoms with E-state index in [4.69, 9.17) is 5.73 Å². The van der Waals surface area contributed by atoms with Crippen LogP contribution in [0.5, 0.6) is 0 Å². The number of para-hydroxylation sites is 1. The number of hydrogen-bond acceptors (Lipinski definition) is 2. The summed E-state index contributed by atoms with van der Waals surface area (Å²) in [4.78, 5) is 2.15. The summed E-state index contributed by atoms with van der Waals surface area (Å²) in [5.41, 5.74) is 7.09. The molecule has 0 spiro atoms. The summed E-state index contributed by atoms with van der Waals surface area (Å²) in [7, 11) is 0. The first kappa shape index (κ1) is 12.9. The van der Waals surface area contributed by atoms with Crippen molar-refractivity contribution in [3.05, 3.63) is 30.1 Å². The molecule has 0 amide bonds. The highest BCUT2D eigenvalue weighted by Gasteiger charge is 2.46. The van der Waals surface area contributed by atoms with Gasteiger partial charge in [-0.1, -0.05) is 12.1 Å². The molecule has 2 nitrogen and oxygen atoms in total. The predicted octanol–water partition coefficient (Wildman–Crippen LogP) is 3.03. The maximum atomic E-state index is 13.9. The smallest absolute Gasteiger partial charge is 0.146 e. The largest absolute Gasteiger partial charge is 0.369 e. The number of hydrogen-bond donors (Lipinski definition) is 1. The average Bonchev–Trinajstić information content (AvgIpc) is 2.99. The third-order valence-corrected chi connectivity index (χ3v) is 5.16. The quantitative estimate of drug-likeness (QED) is 0.903. The Morgan fingerprint density at radius 1 is 1.26 bits per heavy atom. The van der Waals surface area contributed by atoms with E-state index < -0.39 is 0 Å². The van der Waals surface area contributed by atoms with Crippen molar-refractivity contribution in [3.8, 4) is 0 Å². The number of nitrogens with two attached hydrogens (primary N) is 1. The van der Waals surface area contributed by atoms with E-state index in [-0.39, 0.29) is 5.82 Å². The fourth-order valence-electron chi connectivity index (χ4n) is 4.09. The van der Waals surface area contributed by atoms with E-state index in [1.165, 1.54) is 19.3 Å². The first-order chi connectivity index (χ1) is 9.20. The van der Waals surface area contributed by atoms with Gasteiger partial charge in [0.1, 0.15) is 5.82 Å². The van der Waals surface area contributed by atoms with Crippen molar-refractivity contribution in [2.24, 2.45) is 23.5 Å². The Morgan fingerprint density at radius 3 is 2.63 bits per heavy atom. The van der Waals surface area contributed by atoms with Crippen LogP contribution in [0.15, 0.2) is 24.3 Å². The molecule has 4 atom stereocenters. The molecule has 1 aromatic carbocycles. The minimum absolute atomic E-state index is 0.124. The molecule has 4 unspecified atom stereocenters. The fraction of sp³-hybridized carbons (Fsp3) is 0.625. The van der Waals surface area contributed by atoms with Gasteiger partial charge in [0, 0.05) is 19.1 Å². The van der Waals surface area contributed by atoms with Gasteiger partial charge in [-0.05, 0) is 56.1 Å². The summed E-state index contributed by atoms with van der Waals surface area (Å²) in [5.74, 6) is 1.90. The van der Waals surface area contributed by atoms with E-state index in [0.717, 1.165) is 24.7 Å². The van der Waals surface area contributed by atoms with Crippen molar-refractivity contribution in [2.75, 3.05) is 18.0 Å². The van der Waals surface area contributed by atoms with Gasteiger partial charge in [0.15, 0.2) is 0 Å². The zero-order valence-electron chi connectivity index (χ0n) is 11.6. The van der Waals surface area contributed by atoms with Gasteiger partial charge in [-0.15, -0.1) is 0 Å². The lowest BCUT2D eigenvalue weighted by atomic mass is 9.84. The van der Waals surface area contributed by atoms with Crippen LogP contribution in [0.4, 0.5) is 10.1 Å². The number of rotatable bonds is 4. The lowest BCUT2D eigenvalue weighted by molar-refractivity contribution is 0.291. The number of anilines is 1. The second-order valence-corrected chi connectivity index (χ2v) is 6.06. The second-order valence-electron chi connectivity index (χ2n) is 6.06. The highest BCUT2D eigenvalue weighted by molar-refractivity contribution is 5.47. The minimum Gasteiger partial charge on any atom is -0.369 e. The monoisotopic (exact) mass is 262 g/mol. The van der Waals surface area contributed by atoms with Crippen LogP contribution in [-0.4, -0.2) is 19.1 Å². The minimum atomic E-state index is -0.124. The molecule has 2 aliphatic carbocycles. The zero-order valence-corrected chi connectivity index (χ0v) is 11.6. The predicted molar refractivity (Wildman–Crippen MR) is 76.6 cm³/mol. The van der Waals surface area contributed by atoms with E-state index >= 15 is 0 Å². The number of fused-ring (bicyclic) bond motifs is 2. The molecular formula is C16H23FN2. The van der Waals surface area contributed by atoms with Gasteiger partial charge in [-0.25, -0.2) is 4.39 Å². The molecule has 0 aliphatic heterocycles. The Bertz CT molecular complexity index is 446. The van der Waals surface area contributed by atoms with Crippen LogP contribution in [0, 0.1) is 23.6 Å². The molecule has 19 heavy (non-hydrogen) atoms. The first-order valence-corrected chi connectivity index (χ1v) is 7.45. The van der Waals surface area contributed by atoms with Crippen LogP contribution < -0.4 is 10.6 Å². The van der Waals surface area contributed by atoms with Gasteiger partial charge in [0.05, 0.1) is 5.69 Å². The Balaban J connectivity index is 1.76. The molecule has 1 aromatic rings. The summed E-state index contributed by atoms with van der Waals surface area (Å²) < 4.78 is 13.9. The standard InChI is InChI=1S/C16H23FN2/c1-2-19(15-6-4-3-5-14(15)17)10-13-11-7-8-12(9-11)16(13)18/h3-6,11-13,16H,2,7-10,18H2,1H3. The van der Waals surface area contributed by atoms with Crippen molar-refractivity contribution in [1.82, 2.24) is 0 Å². The fourth-order valence-corrected chi connectivity index (χ4v) is 4.09. The molecular weight excluding hydrogens is 239 g/mol. The lowest BCUT2D eigenvalue weighted by Crippen LogP contribution is -2.43. The molecule has 3 rings (SSSR count). The van der Waals surface area contributed by atoms with Crippen molar-refractivity contribution in [1.29, 1.82) is 0 Å². The third-order valence-electron chi connectivity index (χ3n) is 5.16. The van der Waals surface area contributed by atoms with Crippen LogP contribution in [0.2, 0.25) is 0 Å². The molecule has 2 fully saturated rings. The topological polar surface area (TPSA) is 29.3 Å². The van der Waals surface area contributed by atoms with Gasteiger partial charge >= 0.3 is 0 Å². The lowest BCUT2D eigenvalue weighted by Gasteiger charge is -2.34. The number of benzene rings is 1. The van der Waals surface area contributed by atoms with Gasteiger partial charge in [-0.3, -0.25) is 0 Å². The Kier molecular flexibility index (Phi) is 3.48. The van der Waals surface area contributed by atoms with Crippen LogP contribution in [0.25, 0.3) is 0 Å². The molecule has 0 heterocycles. The zero-order chi connectivity index (χ0) is 13.4. The molecule has 2 aliphatic rings. The second kappa shape index (κ2) is 5.12. The van der Waals surface area contributed by atoms with Crippen LogP contribution in [0.3, 0.4) is 0 Å². The number of halogens is 1. The van der Waals surface area contributed by atoms with Crippen LogP contribution >= 0.6 is 0 Å². The Hall–Kier alpha value is -1.09. The summed E-state index contributed by atoms with van der Waals surface area (Å²) >= 11 is 0. The van der Waals surface area contributed by atoms with E-state index in [1.807, 2.05) is 12.1 Å². The molecule has 2 saturated carbocycles. The SMILES string of the molecule is CCN(CC1C2CCC(C2)C1N)c1ccccc1F. The molecule has 3 heteroatoms. The van der Waals surface area contributed by atoms with Crippen LogP contribution in [-0.2, 0) is 0 Å². The van der Waals surface area contributed by atoms with E-state index in [1.54, 1.807) is 12.1 Å². The van der Waals surface area contributed by atoms with E-state index in [0.29, 0.717) is 17.9 Å². The highest BCUT2D eigenvalue weighted by Crippen LogP contribution is 2.48. The van der Waals surface area contributed by atoms with Crippen molar-refractivity contribution >= 4 is 5.69 Å². The van der Waals surface area contributed by atoms with Crippen molar-refractivity contribution in [2.45, 2.75) is 32.2 Å². The third kappa shape index (κ3) is 2.25. The van der Waals surface area contributed by atoms with Crippen molar-refractivity contribution in [3.63, 3.8) is 0 Å². The molecule has 0 saturated heterocycles. The number of nitrogens with zero attached hydrogens (tertiary/aromatic N) is 1.